The van der Waals surface area contributed by atoms with E-state index in [4.69, 9.17) is 0 Å². The van der Waals surface area contributed by atoms with Gasteiger partial charge in [0.1, 0.15) is 0 Å². The summed E-state index contributed by atoms with van der Waals surface area (Å²) in [6.45, 7) is 3.11. The molecule has 8 nitrogen and oxygen atoms in total. The van der Waals surface area contributed by atoms with Crippen LogP contribution in [0.25, 0.3) is 11.4 Å². The third-order valence-electron chi connectivity index (χ3n) is 5.24. The molecule has 2 fully saturated rings. The Hall–Kier alpha value is -2.77. The fraction of sp³-hybridized carbons (Fsp3) is 0.526. The molecule has 1 atom stereocenters. The second kappa shape index (κ2) is 7.46. The predicted molar refractivity (Wildman–Crippen MR) is 99.7 cm³/mol. The molecule has 1 N–H and O–H groups in total. The maximum Gasteiger partial charge on any atom is 0.229 e. The number of aromatic nitrogens is 4. The van der Waals surface area contributed by atoms with Crippen molar-refractivity contribution >= 4 is 17.5 Å². The highest BCUT2D eigenvalue weighted by Gasteiger charge is 2.29. The van der Waals surface area contributed by atoms with Crippen LogP contribution < -0.4 is 5.32 Å². The Balaban J connectivity index is 1.40. The molecule has 2 aromatic rings. The van der Waals surface area contributed by atoms with Gasteiger partial charge in [-0.2, -0.15) is 0 Å². The van der Waals surface area contributed by atoms with Crippen LogP contribution in [0.15, 0.2) is 24.3 Å². The maximum atomic E-state index is 12.6. The minimum Gasteiger partial charge on any atom is -0.342 e. The van der Waals surface area contributed by atoms with Crippen LogP contribution in [0.3, 0.4) is 0 Å². The van der Waals surface area contributed by atoms with Gasteiger partial charge in [0.2, 0.25) is 11.8 Å². The lowest BCUT2D eigenvalue weighted by atomic mass is 9.96. The van der Waals surface area contributed by atoms with Gasteiger partial charge < -0.3 is 10.2 Å². The van der Waals surface area contributed by atoms with E-state index in [2.05, 4.69) is 20.8 Å². The smallest absolute Gasteiger partial charge is 0.229 e. The number of hydrogen-bond donors (Lipinski definition) is 1. The Morgan fingerprint density at radius 2 is 1.96 bits per heavy atom. The molecule has 0 spiro atoms. The van der Waals surface area contributed by atoms with E-state index >= 15 is 0 Å². The number of rotatable bonds is 5. The van der Waals surface area contributed by atoms with Gasteiger partial charge in [0.05, 0.1) is 12.0 Å². The minimum atomic E-state index is -0.156. The van der Waals surface area contributed by atoms with E-state index in [0.717, 1.165) is 49.3 Å². The first-order valence-electron chi connectivity index (χ1n) is 9.62. The van der Waals surface area contributed by atoms with Gasteiger partial charge in [-0.25, -0.2) is 4.68 Å². The van der Waals surface area contributed by atoms with E-state index < -0.39 is 0 Å². The number of carbonyl (C=O) groups is 2. The average molecular weight is 368 g/mol. The highest BCUT2D eigenvalue weighted by atomic mass is 16.2. The van der Waals surface area contributed by atoms with Gasteiger partial charge in [0, 0.05) is 30.8 Å². The number of nitrogens with one attached hydrogen (secondary N) is 1. The van der Waals surface area contributed by atoms with Gasteiger partial charge in [0.15, 0.2) is 5.82 Å². The minimum absolute atomic E-state index is 0.0285. The Bertz CT molecular complexity index is 827. The number of piperidine rings is 1. The number of tetrazole rings is 1. The van der Waals surface area contributed by atoms with Crippen molar-refractivity contribution in [1.82, 2.24) is 25.1 Å². The molecule has 0 radical (unpaired) electrons. The van der Waals surface area contributed by atoms with Crippen LogP contribution in [-0.4, -0.2) is 50.0 Å². The number of anilines is 1. The van der Waals surface area contributed by atoms with Crippen molar-refractivity contribution in [2.24, 2.45) is 5.92 Å². The Labute approximate surface area is 157 Å². The first kappa shape index (κ1) is 17.6. The number of hydrogen-bond acceptors (Lipinski definition) is 5. The molecule has 2 aliphatic rings. The monoisotopic (exact) mass is 368 g/mol. The Morgan fingerprint density at radius 3 is 2.67 bits per heavy atom. The summed E-state index contributed by atoms with van der Waals surface area (Å²) in [7, 11) is 0. The van der Waals surface area contributed by atoms with Crippen molar-refractivity contribution in [2.75, 3.05) is 18.4 Å². The molecule has 0 bridgehead atoms. The van der Waals surface area contributed by atoms with Crippen LogP contribution in [0.2, 0.25) is 0 Å². The van der Waals surface area contributed by atoms with Gasteiger partial charge in [-0.3, -0.25) is 9.59 Å². The standard InChI is InChI=1S/C19H24N6O2/c1-2-17(26)24-11-3-4-14(12-24)19(27)20-15-7-5-13(6-8-15)18-21-22-23-25(18)16-9-10-16/h5-8,14,16H,2-4,9-12H2,1H3,(H,20,27). The second-order valence-electron chi connectivity index (χ2n) is 7.28. The third kappa shape index (κ3) is 3.84. The quantitative estimate of drug-likeness (QED) is 0.874. The highest BCUT2D eigenvalue weighted by molar-refractivity contribution is 5.93. The normalized spacial score (nSPS) is 19.7. The van der Waals surface area contributed by atoms with Crippen molar-refractivity contribution in [1.29, 1.82) is 0 Å². The van der Waals surface area contributed by atoms with Crippen LogP contribution in [0, 0.1) is 5.92 Å². The second-order valence-corrected chi connectivity index (χ2v) is 7.28. The van der Waals surface area contributed by atoms with E-state index in [1.54, 1.807) is 4.90 Å². The molecule has 142 valence electrons. The first-order valence-corrected chi connectivity index (χ1v) is 9.62. The largest absolute Gasteiger partial charge is 0.342 e. The average Bonchev–Trinajstić information content (AvgIpc) is 3.44. The summed E-state index contributed by atoms with van der Waals surface area (Å²) in [6.07, 6.45) is 4.40. The number of nitrogens with zero attached hydrogens (tertiary/aromatic N) is 5. The maximum absolute atomic E-state index is 12.6. The van der Waals surface area contributed by atoms with Crippen molar-refractivity contribution in [3.63, 3.8) is 0 Å². The number of amides is 2. The fourth-order valence-electron chi connectivity index (χ4n) is 3.54. The summed E-state index contributed by atoms with van der Waals surface area (Å²) in [5.41, 5.74) is 1.68. The molecular formula is C19H24N6O2. The summed E-state index contributed by atoms with van der Waals surface area (Å²) in [4.78, 5) is 26.3. The Morgan fingerprint density at radius 1 is 1.19 bits per heavy atom. The zero-order valence-corrected chi connectivity index (χ0v) is 15.5. The number of benzene rings is 1. The molecule has 1 unspecified atom stereocenters. The van der Waals surface area contributed by atoms with Crippen LogP contribution in [0.1, 0.15) is 45.1 Å². The van der Waals surface area contributed by atoms with Crippen molar-refractivity contribution < 1.29 is 9.59 Å². The van der Waals surface area contributed by atoms with Crippen LogP contribution in [0.5, 0.6) is 0 Å². The van der Waals surface area contributed by atoms with Gasteiger partial charge in [-0.05, 0) is 60.4 Å². The lowest BCUT2D eigenvalue weighted by molar-refractivity contribution is -0.134. The summed E-state index contributed by atoms with van der Waals surface area (Å²) >= 11 is 0. The number of carbonyl (C=O) groups excluding carboxylic acids is 2. The fourth-order valence-corrected chi connectivity index (χ4v) is 3.54. The van der Waals surface area contributed by atoms with Crippen molar-refractivity contribution in [3.05, 3.63) is 24.3 Å². The summed E-state index contributed by atoms with van der Waals surface area (Å²) in [6, 6.07) is 8.00. The summed E-state index contributed by atoms with van der Waals surface area (Å²) in [5, 5.41) is 14.9. The van der Waals surface area contributed by atoms with Gasteiger partial charge in [-0.1, -0.05) is 6.92 Å². The lowest BCUT2D eigenvalue weighted by Gasteiger charge is -2.31. The molecule has 1 aromatic carbocycles. The first-order chi connectivity index (χ1) is 13.2. The van der Waals surface area contributed by atoms with Gasteiger partial charge >= 0.3 is 0 Å². The molecule has 2 heterocycles. The van der Waals surface area contributed by atoms with E-state index in [0.29, 0.717) is 19.0 Å². The van der Waals surface area contributed by atoms with Crippen molar-refractivity contribution in [3.8, 4) is 11.4 Å². The van der Waals surface area contributed by atoms with Crippen LogP contribution >= 0.6 is 0 Å². The van der Waals surface area contributed by atoms with E-state index in [1.807, 2.05) is 35.9 Å². The van der Waals surface area contributed by atoms with Crippen LogP contribution in [0.4, 0.5) is 5.69 Å². The topological polar surface area (TPSA) is 93.0 Å². The van der Waals surface area contributed by atoms with Gasteiger partial charge in [0.25, 0.3) is 0 Å². The Kier molecular flexibility index (Phi) is 4.87. The molecular weight excluding hydrogens is 344 g/mol. The third-order valence-corrected chi connectivity index (χ3v) is 5.24. The highest BCUT2D eigenvalue weighted by Crippen LogP contribution is 2.36. The molecule has 2 amide bonds. The lowest BCUT2D eigenvalue weighted by Crippen LogP contribution is -2.43. The summed E-state index contributed by atoms with van der Waals surface area (Å²) < 4.78 is 1.87. The molecule has 1 aromatic heterocycles. The van der Waals surface area contributed by atoms with E-state index in [-0.39, 0.29) is 17.7 Å². The molecule has 27 heavy (non-hydrogen) atoms. The van der Waals surface area contributed by atoms with Crippen LogP contribution in [-0.2, 0) is 9.59 Å². The molecule has 8 heteroatoms. The molecule has 1 aliphatic carbocycles. The molecule has 1 saturated carbocycles. The SMILES string of the molecule is CCC(=O)N1CCCC(C(=O)Nc2ccc(-c3nnnn3C3CC3)cc2)C1. The number of likely N-dealkylation sites (tertiary alicyclic amines) is 1. The summed E-state index contributed by atoms with van der Waals surface area (Å²) in [5.74, 6) is 0.692. The van der Waals surface area contributed by atoms with Gasteiger partial charge in [-0.15, -0.1) is 5.10 Å². The molecule has 1 aliphatic heterocycles. The van der Waals surface area contributed by atoms with E-state index in [1.165, 1.54) is 0 Å². The predicted octanol–water partition coefficient (Wildman–Crippen LogP) is 2.26. The molecule has 1 saturated heterocycles. The molecule has 4 rings (SSSR count). The van der Waals surface area contributed by atoms with Crippen molar-refractivity contribution in [2.45, 2.75) is 45.1 Å². The zero-order chi connectivity index (χ0) is 18.8. The zero-order valence-electron chi connectivity index (χ0n) is 15.5. The van der Waals surface area contributed by atoms with E-state index in [9.17, 15) is 9.59 Å².